The van der Waals surface area contributed by atoms with E-state index in [4.69, 9.17) is 4.74 Å². The van der Waals surface area contributed by atoms with Crippen LogP contribution in [0.2, 0.25) is 0 Å². The van der Waals surface area contributed by atoms with E-state index in [2.05, 4.69) is 4.98 Å². The maximum atomic E-state index is 12.6. The zero-order chi connectivity index (χ0) is 18.5. The number of amides is 1. The lowest BCUT2D eigenvalue weighted by Crippen LogP contribution is -2.43. The molecule has 0 atom stereocenters. The number of hydrogen-bond acceptors (Lipinski definition) is 4. The first-order valence-electron chi connectivity index (χ1n) is 9.43. The first-order valence-corrected chi connectivity index (χ1v) is 9.43. The summed E-state index contributed by atoms with van der Waals surface area (Å²) in [6.45, 7) is 4.27. The molecule has 26 heavy (non-hydrogen) atoms. The maximum Gasteiger partial charge on any atom is 0.339 e. The number of carbonyl (C=O) groups is 2. The van der Waals surface area contributed by atoms with Crippen molar-refractivity contribution < 1.29 is 14.3 Å². The molecule has 1 aliphatic rings. The van der Waals surface area contributed by atoms with E-state index >= 15 is 0 Å². The summed E-state index contributed by atoms with van der Waals surface area (Å²) in [5.74, 6) is -0.581. The molecule has 5 heteroatoms. The number of aromatic nitrogens is 1. The minimum atomic E-state index is -0.472. The van der Waals surface area contributed by atoms with Gasteiger partial charge in [0, 0.05) is 23.7 Å². The zero-order valence-electron chi connectivity index (χ0n) is 15.5. The third-order valence-corrected chi connectivity index (χ3v) is 5.07. The Kier molecular flexibility index (Phi) is 5.86. The highest BCUT2D eigenvalue weighted by Crippen LogP contribution is 2.23. The highest BCUT2D eigenvalue weighted by Gasteiger charge is 2.25. The molecular weight excluding hydrogens is 328 g/mol. The summed E-state index contributed by atoms with van der Waals surface area (Å²) in [4.78, 5) is 31.5. The summed E-state index contributed by atoms with van der Waals surface area (Å²) in [6.07, 6.45) is 5.65. The third kappa shape index (κ3) is 4.03. The Morgan fingerprint density at radius 3 is 2.65 bits per heavy atom. The average Bonchev–Trinajstić information content (AvgIpc) is 2.66. The van der Waals surface area contributed by atoms with Crippen molar-refractivity contribution >= 4 is 22.8 Å². The normalized spacial score (nSPS) is 15.0. The molecule has 1 saturated carbocycles. The summed E-state index contributed by atoms with van der Waals surface area (Å²) in [5.41, 5.74) is 1.96. The van der Waals surface area contributed by atoms with E-state index in [0.29, 0.717) is 12.1 Å². The molecule has 138 valence electrons. The molecule has 0 saturated heterocycles. The van der Waals surface area contributed by atoms with Crippen LogP contribution in [0.1, 0.15) is 55.1 Å². The van der Waals surface area contributed by atoms with Gasteiger partial charge in [0.05, 0.1) is 11.1 Å². The highest BCUT2D eigenvalue weighted by atomic mass is 16.5. The number of para-hydroxylation sites is 1. The lowest BCUT2D eigenvalue weighted by atomic mass is 9.94. The predicted molar refractivity (Wildman–Crippen MR) is 101 cm³/mol. The molecule has 1 aromatic heterocycles. The second kappa shape index (κ2) is 8.30. The van der Waals surface area contributed by atoms with Crippen LogP contribution in [0, 0.1) is 6.92 Å². The first kappa shape index (κ1) is 18.4. The Labute approximate surface area is 154 Å². The number of fused-ring (bicyclic) bond motifs is 1. The van der Waals surface area contributed by atoms with Crippen LogP contribution in [0.25, 0.3) is 10.9 Å². The van der Waals surface area contributed by atoms with E-state index in [9.17, 15) is 9.59 Å². The second-order valence-corrected chi connectivity index (χ2v) is 6.88. The lowest BCUT2D eigenvalue weighted by Gasteiger charge is -2.33. The zero-order valence-corrected chi connectivity index (χ0v) is 15.5. The van der Waals surface area contributed by atoms with Crippen LogP contribution in [0.15, 0.2) is 30.3 Å². The Balaban J connectivity index is 1.69. The summed E-state index contributed by atoms with van der Waals surface area (Å²) in [7, 11) is 0. The van der Waals surface area contributed by atoms with Crippen LogP contribution in [0.4, 0.5) is 0 Å². The number of aryl methyl sites for hydroxylation is 1. The highest BCUT2D eigenvalue weighted by molar-refractivity contribution is 6.04. The fourth-order valence-electron chi connectivity index (χ4n) is 3.80. The SMILES string of the molecule is CCN(C(=O)COC(=O)c1cc(C)nc2ccccc12)C1CCCCC1. The van der Waals surface area contributed by atoms with Crippen LogP contribution in [-0.2, 0) is 9.53 Å². The van der Waals surface area contributed by atoms with Crippen molar-refractivity contribution in [3.8, 4) is 0 Å². The van der Waals surface area contributed by atoms with Gasteiger partial charge in [-0.1, -0.05) is 37.5 Å². The Morgan fingerprint density at radius 2 is 1.92 bits per heavy atom. The van der Waals surface area contributed by atoms with E-state index in [0.717, 1.165) is 42.3 Å². The van der Waals surface area contributed by atoms with Gasteiger partial charge in [0.2, 0.25) is 0 Å². The molecule has 1 amide bonds. The number of benzene rings is 1. The minimum Gasteiger partial charge on any atom is -0.452 e. The summed E-state index contributed by atoms with van der Waals surface area (Å²) in [6, 6.07) is 9.46. The van der Waals surface area contributed by atoms with Crippen LogP contribution in [0.3, 0.4) is 0 Å². The molecule has 2 aromatic rings. The van der Waals surface area contributed by atoms with Crippen LogP contribution in [-0.4, -0.2) is 41.0 Å². The van der Waals surface area contributed by atoms with E-state index in [1.165, 1.54) is 6.42 Å². The van der Waals surface area contributed by atoms with Gasteiger partial charge in [0.15, 0.2) is 6.61 Å². The monoisotopic (exact) mass is 354 g/mol. The van der Waals surface area contributed by atoms with Crippen molar-refractivity contribution in [2.45, 2.75) is 52.0 Å². The summed E-state index contributed by atoms with van der Waals surface area (Å²) in [5, 5.41) is 0.746. The topological polar surface area (TPSA) is 59.5 Å². The molecule has 5 nitrogen and oxygen atoms in total. The molecule has 0 unspecified atom stereocenters. The summed E-state index contributed by atoms with van der Waals surface area (Å²) < 4.78 is 5.37. The fraction of sp³-hybridized carbons (Fsp3) is 0.476. The molecule has 1 fully saturated rings. The van der Waals surface area contributed by atoms with E-state index in [-0.39, 0.29) is 18.6 Å². The molecule has 1 aliphatic carbocycles. The molecule has 0 N–H and O–H groups in total. The fourth-order valence-corrected chi connectivity index (χ4v) is 3.80. The van der Waals surface area contributed by atoms with Gasteiger partial charge in [-0.3, -0.25) is 9.78 Å². The van der Waals surface area contributed by atoms with Gasteiger partial charge in [-0.05, 0) is 38.8 Å². The van der Waals surface area contributed by atoms with Crippen molar-refractivity contribution in [3.63, 3.8) is 0 Å². The van der Waals surface area contributed by atoms with E-state index < -0.39 is 5.97 Å². The molecule has 0 bridgehead atoms. The summed E-state index contributed by atoms with van der Waals surface area (Å²) >= 11 is 0. The van der Waals surface area contributed by atoms with E-state index in [1.807, 2.05) is 43.0 Å². The van der Waals surface area contributed by atoms with Gasteiger partial charge in [-0.2, -0.15) is 0 Å². The largest absolute Gasteiger partial charge is 0.452 e. The minimum absolute atomic E-state index is 0.108. The number of ether oxygens (including phenoxy) is 1. The van der Waals surface area contributed by atoms with Gasteiger partial charge in [-0.15, -0.1) is 0 Å². The van der Waals surface area contributed by atoms with Gasteiger partial charge in [0.25, 0.3) is 5.91 Å². The average molecular weight is 354 g/mol. The molecule has 0 aliphatic heterocycles. The smallest absolute Gasteiger partial charge is 0.339 e. The van der Waals surface area contributed by atoms with Crippen molar-refractivity contribution in [3.05, 3.63) is 41.6 Å². The maximum absolute atomic E-state index is 12.6. The first-order chi connectivity index (χ1) is 12.6. The number of rotatable bonds is 5. The Hall–Kier alpha value is -2.43. The standard InChI is InChI=1S/C21H26N2O3/c1-3-23(16-9-5-4-6-10-16)20(24)14-26-21(25)18-13-15(2)22-19-12-8-7-11-17(18)19/h7-8,11-13,16H,3-6,9-10,14H2,1-2H3. The molecule has 3 rings (SSSR count). The number of nitrogens with zero attached hydrogens (tertiary/aromatic N) is 2. The molecule has 1 heterocycles. The number of pyridine rings is 1. The number of likely N-dealkylation sites (N-methyl/N-ethyl adjacent to an activating group) is 1. The van der Waals surface area contributed by atoms with Crippen LogP contribution >= 0.6 is 0 Å². The number of carbonyl (C=O) groups excluding carboxylic acids is 2. The van der Waals surface area contributed by atoms with Crippen LogP contribution < -0.4 is 0 Å². The van der Waals surface area contributed by atoms with Gasteiger partial charge >= 0.3 is 5.97 Å². The second-order valence-electron chi connectivity index (χ2n) is 6.88. The van der Waals surface area contributed by atoms with Crippen molar-refractivity contribution in [2.24, 2.45) is 0 Å². The van der Waals surface area contributed by atoms with Gasteiger partial charge in [-0.25, -0.2) is 4.79 Å². The third-order valence-electron chi connectivity index (χ3n) is 5.07. The Morgan fingerprint density at radius 1 is 1.19 bits per heavy atom. The molecule has 0 spiro atoms. The lowest BCUT2D eigenvalue weighted by molar-refractivity contribution is -0.137. The van der Waals surface area contributed by atoms with Gasteiger partial charge < -0.3 is 9.64 Å². The molecule has 0 radical (unpaired) electrons. The predicted octanol–water partition coefficient (Wildman–Crippen LogP) is 3.88. The Bertz CT molecular complexity index is 797. The van der Waals surface area contributed by atoms with Crippen molar-refractivity contribution in [2.75, 3.05) is 13.2 Å². The quantitative estimate of drug-likeness (QED) is 0.765. The van der Waals surface area contributed by atoms with Crippen LogP contribution in [0.5, 0.6) is 0 Å². The van der Waals surface area contributed by atoms with Gasteiger partial charge in [0.1, 0.15) is 0 Å². The van der Waals surface area contributed by atoms with Crippen molar-refractivity contribution in [1.29, 1.82) is 0 Å². The molecule has 1 aromatic carbocycles. The number of hydrogen-bond donors (Lipinski definition) is 0. The van der Waals surface area contributed by atoms with E-state index in [1.54, 1.807) is 6.07 Å². The van der Waals surface area contributed by atoms with Crippen molar-refractivity contribution in [1.82, 2.24) is 9.88 Å². The molecular formula is C21H26N2O3. The number of esters is 1.